The highest BCUT2D eigenvalue weighted by Gasteiger charge is 2.16. The molecule has 0 saturated heterocycles. The number of fused-ring (bicyclic) bond motifs is 1. The maximum absolute atomic E-state index is 13.0. The summed E-state index contributed by atoms with van der Waals surface area (Å²) < 4.78 is 1.16. The predicted molar refractivity (Wildman–Crippen MR) is 112 cm³/mol. The summed E-state index contributed by atoms with van der Waals surface area (Å²) in [5, 5.41) is 16.1. The number of benzene rings is 2. The second-order valence-corrected chi connectivity index (χ2v) is 6.62. The Morgan fingerprint density at radius 1 is 1.10 bits per heavy atom. The molecule has 29 heavy (non-hydrogen) atoms. The fraction of sp³-hybridized carbons (Fsp3) is 0. The van der Waals surface area contributed by atoms with Crippen LogP contribution in [0.25, 0.3) is 16.5 Å². The first-order valence-electron chi connectivity index (χ1n) is 8.65. The van der Waals surface area contributed by atoms with E-state index in [0.29, 0.717) is 27.2 Å². The maximum Gasteiger partial charge on any atom is 0.287 e. The van der Waals surface area contributed by atoms with Gasteiger partial charge in [-0.3, -0.25) is 9.59 Å². The van der Waals surface area contributed by atoms with Crippen LogP contribution in [0.5, 0.6) is 5.88 Å². The van der Waals surface area contributed by atoms with E-state index in [-0.39, 0.29) is 11.4 Å². The second-order valence-electron chi connectivity index (χ2n) is 6.19. The number of nitrogens with one attached hydrogen (secondary N) is 2. The molecule has 0 aliphatic carbocycles. The molecule has 7 nitrogen and oxygen atoms in total. The Kier molecular flexibility index (Phi) is 4.88. The Labute approximate surface area is 169 Å². The highest BCUT2D eigenvalue weighted by atomic mass is 35.5. The van der Waals surface area contributed by atoms with Gasteiger partial charge in [-0.1, -0.05) is 35.9 Å². The molecule has 0 aliphatic rings. The van der Waals surface area contributed by atoms with Crippen molar-refractivity contribution >= 4 is 34.5 Å². The molecule has 0 spiro atoms. The van der Waals surface area contributed by atoms with Crippen molar-refractivity contribution in [2.45, 2.75) is 0 Å². The quantitative estimate of drug-likeness (QED) is 0.357. The van der Waals surface area contributed by atoms with E-state index in [1.54, 1.807) is 66.9 Å². The third-order valence-corrected chi connectivity index (χ3v) is 4.61. The number of aromatic amines is 1. The van der Waals surface area contributed by atoms with Gasteiger partial charge in [0.15, 0.2) is 0 Å². The number of pyridine rings is 1. The number of aromatic hydroxyl groups is 1. The first kappa shape index (κ1) is 18.5. The molecule has 3 N–H and O–H groups in total. The van der Waals surface area contributed by atoms with Gasteiger partial charge >= 0.3 is 0 Å². The van der Waals surface area contributed by atoms with Gasteiger partial charge in [0.05, 0.1) is 17.5 Å². The zero-order valence-corrected chi connectivity index (χ0v) is 15.7. The van der Waals surface area contributed by atoms with Crippen LogP contribution in [0.1, 0.15) is 16.1 Å². The molecule has 0 fully saturated rings. The van der Waals surface area contributed by atoms with Crippen LogP contribution in [0.3, 0.4) is 0 Å². The number of hydrazone groups is 1. The normalized spacial score (nSPS) is 11.2. The minimum Gasteiger partial charge on any atom is -0.494 e. The summed E-state index contributed by atoms with van der Waals surface area (Å²) in [5.41, 5.74) is 3.04. The van der Waals surface area contributed by atoms with Crippen molar-refractivity contribution in [3.8, 4) is 11.6 Å². The number of rotatable bonds is 4. The molecular weight excluding hydrogens is 392 g/mol. The third-order valence-electron chi connectivity index (χ3n) is 4.37. The van der Waals surface area contributed by atoms with Gasteiger partial charge in [-0.25, -0.2) is 9.99 Å². The number of nitrogens with zero attached hydrogens (tertiary/aromatic N) is 2. The van der Waals surface area contributed by atoms with Crippen LogP contribution >= 0.6 is 11.6 Å². The fourth-order valence-corrected chi connectivity index (χ4v) is 3.22. The molecule has 2 aromatic carbocycles. The Hall–Kier alpha value is -3.84. The van der Waals surface area contributed by atoms with Gasteiger partial charge in [-0.05, 0) is 36.4 Å². The van der Waals surface area contributed by atoms with Crippen molar-refractivity contribution in [2.24, 2.45) is 5.10 Å². The minimum atomic E-state index is -0.432. The van der Waals surface area contributed by atoms with Gasteiger partial charge in [0.2, 0.25) is 5.88 Å². The van der Waals surface area contributed by atoms with Gasteiger partial charge < -0.3 is 10.1 Å². The van der Waals surface area contributed by atoms with Gasteiger partial charge in [0.25, 0.3) is 11.5 Å². The third kappa shape index (κ3) is 3.51. The van der Waals surface area contributed by atoms with Crippen LogP contribution in [-0.4, -0.2) is 26.8 Å². The number of H-pyrrole nitrogens is 1. The lowest BCUT2D eigenvalue weighted by molar-refractivity contribution is 0.0950. The molecule has 0 atom stereocenters. The van der Waals surface area contributed by atoms with E-state index in [1.807, 2.05) is 0 Å². The number of halogens is 1. The number of amides is 1. The molecule has 144 valence electrons. The predicted octanol–water partition coefficient (Wildman–Crippen LogP) is 3.44. The summed E-state index contributed by atoms with van der Waals surface area (Å²) >= 11 is 6.05. The molecule has 0 radical (unpaired) electrons. The highest BCUT2D eigenvalue weighted by molar-refractivity contribution is 6.30. The van der Waals surface area contributed by atoms with E-state index < -0.39 is 11.5 Å². The Morgan fingerprint density at radius 2 is 1.90 bits per heavy atom. The molecule has 8 heteroatoms. The van der Waals surface area contributed by atoms with Crippen molar-refractivity contribution < 1.29 is 9.90 Å². The van der Waals surface area contributed by atoms with Crippen LogP contribution in [0.15, 0.2) is 76.8 Å². The van der Waals surface area contributed by atoms with Crippen molar-refractivity contribution in [1.29, 1.82) is 0 Å². The summed E-state index contributed by atoms with van der Waals surface area (Å²) in [4.78, 5) is 27.8. The van der Waals surface area contributed by atoms with E-state index in [2.05, 4.69) is 15.5 Å². The van der Waals surface area contributed by atoms with Crippen LogP contribution in [0.2, 0.25) is 5.02 Å². The number of hydrogen-bond acceptors (Lipinski definition) is 4. The maximum atomic E-state index is 13.0. The molecule has 4 aromatic rings. The topological polar surface area (TPSA) is 99.5 Å². The van der Waals surface area contributed by atoms with Crippen LogP contribution in [0.4, 0.5) is 0 Å². The van der Waals surface area contributed by atoms with Crippen molar-refractivity contribution in [1.82, 2.24) is 15.0 Å². The summed E-state index contributed by atoms with van der Waals surface area (Å²) in [7, 11) is 0. The van der Waals surface area contributed by atoms with Gasteiger partial charge in [0.1, 0.15) is 5.69 Å². The largest absolute Gasteiger partial charge is 0.494 e. The average molecular weight is 407 g/mol. The molecule has 0 aliphatic heterocycles. The molecular formula is C21H15ClN4O3. The SMILES string of the molecule is O=C(N/N=C/c1c(O)n(-c2cccc(Cl)c2)c(=O)c2ccccc12)c1ccc[nH]1. The van der Waals surface area contributed by atoms with Gasteiger partial charge in [-0.2, -0.15) is 5.10 Å². The standard InChI is InChI=1S/C21H15ClN4O3/c22-13-5-3-6-14(11-13)26-20(28)16-8-2-1-7-15(16)17(21(26)29)12-24-25-19(27)18-9-4-10-23-18/h1-12,23,29H,(H,25,27)/b24-12+. The van der Waals surface area contributed by atoms with Crippen molar-refractivity contribution in [3.63, 3.8) is 0 Å². The van der Waals surface area contributed by atoms with Crippen LogP contribution < -0.4 is 11.0 Å². The summed E-state index contributed by atoms with van der Waals surface area (Å²) in [6.45, 7) is 0. The Morgan fingerprint density at radius 3 is 2.62 bits per heavy atom. The Bertz CT molecular complexity index is 1290. The van der Waals surface area contributed by atoms with E-state index in [9.17, 15) is 14.7 Å². The molecule has 2 aromatic heterocycles. The van der Waals surface area contributed by atoms with E-state index in [4.69, 9.17) is 11.6 Å². The number of hydrogen-bond donors (Lipinski definition) is 3. The first-order valence-corrected chi connectivity index (χ1v) is 9.03. The zero-order valence-electron chi connectivity index (χ0n) is 15.0. The number of aromatic nitrogens is 2. The van der Waals surface area contributed by atoms with Crippen LogP contribution in [0, 0.1) is 0 Å². The van der Waals surface area contributed by atoms with Gasteiger partial charge in [-0.15, -0.1) is 0 Å². The number of carbonyl (C=O) groups excluding carboxylic acids is 1. The van der Waals surface area contributed by atoms with Crippen LogP contribution in [-0.2, 0) is 0 Å². The van der Waals surface area contributed by atoms with Crippen molar-refractivity contribution in [2.75, 3.05) is 0 Å². The lowest BCUT2D eigenvalue weighted by Crippen LogP contribution is -2.21. The fourth-order valence-electron chi connectivity index (χ4n) is 3.03. The lowest BCUT2D eigenvalue weighted by Gasteiger charge is -2.13. The molecule has 0 unspecified atom stereocenters. The Balaban J connectivity index is 1.84. The highest BCUT2D eigenvalue weighted by Crippen LogP contribution is 2.26. The smallest absolute Gasteiger partial charge is 0.287 e. The zero-order chi connectivity index (χ0) is 20.4. The van der Waals surface area contributed by atoms with E-state index in [0.717, 1.165) is 4.57 Å². The minimum absolute atomic E-state index is 0.284. The monoisotopic (exact) mass is 406 g/mol. The first-order chi connectivity index (χ1) is 14.1. The summed E-state index contributed by atoms with van der Waals surface area (Å²) in [5.74, 6) is -0.743. The number of carbonyl (C=O) groups is 1. The summed E-state index contributed by atoms with van der Waals surface area (Å²) in [6.07, 6.45) is 2.93. The average Bonchev–Trinajstić information content (AvgIpc) is 3.25. The lowest BCUT2D eigenvalue weighted by atomic mass is 10.1. The molecule has 4 rings (SSSR count). The summed E-state index contributed by atoms with van der Waals surface area (Å²) in [6, 6.07) is 16.7. The van der Waals surface area contributed by atoms with E-state index in [1.165, 1.54) is 6.21 Å². The molecule has 0 saturated carbocycles. The second kappa shape index (κ2) is 7.65. The molecule has 1 amide bonds. The molecule has 2 heterocycles. The van der Waals surface area contributed by atoms with Crippen molar-refractivity contribution in [3.05, 3.63) is 93.5 Å². The molecule has 0 bridgehead atoms. The van der Waals surface area contributed by atoms with E-state index >= 15 is 0 Å². The van der Waals surface area contributed by atoms with Gasteiger partial charge in [0, 0.05) is 22.0 Å².